The molecule has 0 N–H and O–H groups in total. The fourth-order valence-corrected chi connectivity index (χ4v) is 7.11. The molecule has 0 amide bonds. The summed E-state index contributed by atoms with van der Waals surface area (Å²) in [5.74, 6) is -1.07. The summed E-state index contributed by atoms with van der Waals surface area (Å²) in [5, 5.41) is 0. The van der Waals surface area contributed by atoms with Gasteiger partial charge in [0.05, 0.1) is 0 Å². The van der Waals surface area contributed by atoms with Crippen LogP contribution in [-0.2, 0) is 28.6 Å². The van der Waals surface area contributed by atoms with Gasteiger partial charge in [0.15, 0.2) is 6.10 Å². The Morgan fingerprint density at radius 1 is 0.349 bits per heavy atom. The molecule has 0 bridgehead atoms. The van der Waals surface area contributed by atoms with Gasteiger partial charge in [-0.3, -0.25) is 14.4 Å². The molecule has 360 valence electrons. The standard InChI is InChI=1S/C57H96O6/c1-4-7-10-13-16-19-22-25-26-27-28-29-30-33-35-38-41-44-47-50-56(59)62-53-54(63-57(60)51-48-45-42-39-36-32-24-21-18-15-12-9-6-3)52-61-55(58)49-46-43-40-37-34-31-23-20-17-14-11-8-5-2/h9,12,15,18,21,24,31-32,34,36,39-40,42-43,54H,4-8,10-11,13-14,16-17,19-20,22-23,25-30,33,35,37-38,41,44-53H2,1-3H3/b12-9+,18-15+,24-21+,34-31+,36-32+,42-39+,43-40+. The van der Waals surface area contributed by atoms with E-state index in [1.165, 1.54) is 141 Å². The van der Waals surface area contributed by atoms with E-state index in [1.54, 1.807) is 0 Å². The van der Waals surface area contributed by atoms with Crippen molar-refractivity contribution in [2.75, 3.05) is 13.2 Å². The summed E-state index contributed by atoms with van der Waals surface area (Å²) in [6.45, 7) is 6.38. The van der Waals surface area contributed by atoms with Crippen molar-refractivity contribution in [3.8, 4) is 0 Å². The van der Waals surface area contributed by atoms with Crippen molar-refractivity contribution in [2.24, 2.45) is 0 Å². The smallest absolute Gasteiger partial charge is 0.306 e. The minimum Gasteiger partial charge on any atom is -0.462 e. The van der Waals surface area contributed by atoms with Gasteiger partial charge in [-0.2, -0.15) is 0 Å². The molecule has 0 aromatic rings. The first-order chi connectivity index (χ1) is 31.0. The molecule has 0 heterocycles. The predicted octanol–water partition coefficient (Wildman–Crippen LogP) is 17.2. The third kappa shape index (κ3) is 49.5. The average Bonchev–Trinajstić information content (AvgIpc) is 3.28. The third-order valence-electron chi connectivity index (χ3n) is 11.0. The van der Waals surface area contributed by atoms with Crippen LogP contribution in [0.25, 0.3) is 0 Å². The highest BCUT2D eigenvalue weighted by atomic mass is 16.6. The fraction of sp³-hybridized carbons (Fsp3) is 0.702. The Balaban J connectivity index is 4.46. The highest BCUT2D eigenvalue weighted by molar-refractivity contribution is 5.71. The van der Waals surface area contributed by atoms with E-state index >= 15 is 0 Å². The molecular weight excluding hydrogens is 781 g/mol. The third-order valence-corrected chi connectivity index (χ3v) is 11.0. The fourth-order valence-electron chi connectivity index (χ4n) is 7.11. The van der Waals surface area contributed by atoms with E-state index in [0.29, 0.717) is 19.3 Å². The van der Waals surface area contributed by atoms with Crippen LogP contribution in [0.15, 0.2) is 85.1 Å². The Labute approximate surface area is 388 Å². The molecule has 0 rings (SSSR count). The van der Waals surface area contributed by atoms with Gasteiger partial charge >= 0.3 is 17.9 Å². The molecule has 1 unspecified atom stereocenters. The molecule has 0 aliphatic rings. The second kappa shape index (κ2) is 51.2. The van der Waals surface area contributed by atoms with Gasteiger partial charge in [-0.05, 0) is 51.4 Å². The molecule has 0 aromatic heterocycles. The van der Waals surface area contributed by atoms with Crippen molar-refractivity contribution in [2.45, 2.75) is 245 Å². The van der Waals surface area contributed by atoms with Crippen molar-refractivity contribution < 1.29 is 28.6 Å². The van der Waals surface area contributed by atoms with Crippen molar-refractivity contribution in [3.63, 3.8) is 0 Å². The van der Waals surface area contributed by atoms with E-state index in [1.807, 2.05) is 60.8 Å². The number of carbonyl (C=O) groups excluding carboxylic acids is 3. The van der Waals surface area contributed by atoms with Crippen molar-refractivity contribution in [1.29, 1.82) is 0 Å². The van der Waals surface area contributed by atoms with Gasteiger partial charge in [-0.25, -0.2) is 0 Å². The minimum atomic E-state index is -0.834. The molecular formula is C57H96O6. The lowest BCUT2D eigenvalue weighted by Gasteiger charge is -2.18. The van der Waals surface area contributed by atoms with Gasteiger partial charge < -0.3 is 14.2 Å². The zero-order valence-electron chi connectivity index (χ0n) is 41.1. The van der Waals surface area contributed by atoms with Crippen molar-refractivity contribution in [1.82, 2.24) is 0 Å². The maximum atomic E-state index is 12.7. The number of hydrogen-bond acceptors (Lipinski definition) is 6. The van der Waals surface area contributed by atoms with Crippen molar-refractivity contribution in [3.05, 3.63) is 85.1 Å². The summed E-state index contributed by atoms with van der Waals surface area (Å²) in [6.07, 6.45) is 66.0. The first-order valence-corrected chi connectivity index (χ1v) is 26.2. The molecule has 0 fully saturated rings. The van der Waals surface area contributed by atoms with Gasteiger partial charge in [0.1, 0.15) is 13.2 Å². The van der Waals surface area contributed by atoms with Crippen LogP contribution in [0.1, 0.15) is 239 Å². The Bertz CT molecular complexity index is 1240. The molecule has 63 heavy (non-hydrogen) atoms. The number of allylic oxidation sites excluding steroid dienone is 14. The molecule has 0 aliphatic carbocycles. The van der Waals surface area contributed by atoms with Gasteiger partial charge in [-0.1, -0.05) is 254 Å². The van der Waals surface area contributed by atoms with Crippen molar-refractivity contribution >= 4 is 17.9 Å². The predicted molar refractivity (Wildman–Crippen MR) is 270 cm³/mol. The largest absolute Gasteiger partial charge is 0.462 e. The quantitative estimate of drug-likeness (QED) is 0.0199. The summed E-state index contributed by atoms with van der Waals surface area (Å²) >= 11 is 0. The van der Waals surface area contributed by atoms with Crippen LogP contribution in [0.4, 0.5) is 0 Å². The lowest BCUT2D eigenvalue weighted by molar-refractivity contribution is -0.166. The van der Waals surface area contributed by atoms with E-state index < -0.39 is 12.1 Å². The second-order valence-corrected chi connectivity index (χ2v) is 17.2. The summed E-state index contributed by atoms with van der Waals surface area (Å²) < 4.78 is 16.7. The van der Waals surface area contributed by atoms with Crippen LogP contribution < -0.4 is 0 Å². The molecule has 0 radical (unpaired) electrons. The summed E-state index contributed by atoms with van der Waals surface area (Å²) in [4.78, 5) is 37.9. The van der Waals surface area contributed by atoms with Crippen LogP contribution in [0.2, 0.25) is 0 Å². The van der Waals surface area contributed by atoms with Gasteiger partial charge in [0.2, 0.25) is 0 Å². The molecule has 6 heteroatoms. The SMILES string of the molecule is CC/C=C/C=C/C=C/C=C/C=C/CCCC(=O)OC(COC(=O)CC/C=C/C/C=C/CCCCCCCC)COC(=O)CCCCCCCCCCCCCCCCCCCCC. The van der Waals surface area contributed by atoms with E-state index in [2.05, 4.69) is 45.1 Å². The normalized spacial score (nSPS) is 12.7. The lowest BCUT2D eigenvalue weighted by atomic mass is 10.0. The lowest BCUT2D eigenvalue weighted by Crippen LogP contribution is -2.30. The molecule has 0 saturated heterocycles. The molecule has 1 atom stereocenters. The second-order valence-electron chi connectivity index (χ2n) is 17.2. The summed E-state index contributed by atoms with van der Waals surface area (Å²) in [6, 6.07) is 0. The van der Waals surface area contributed by atoms with E-state index in [0.717, 1.165) is 44.9 Å². The minimum absolute atomic E-state index is 0.121. The molecule has 0 saturated carbocycles. The Kier molecular flexibility index (Phi) is 48.5. The monoisotopic (exact) mass is 877 g/mol. The van der Waals surface area contributed by atoms with Crippen LogP contribution in [0, 0.1) is 0 Å². The molecule has 0 aromatic carbocycles. The number of esters is 3. The maximum absolute atomic E-state index is 12.7. The summed E-state index contributed by atoms with van der Waals surface area (Å²) in [5.41, 5.74) is 0. The van der Waals surface area contributed by atoms with Gasteiger partial charge in [0, 0.05) is 19.3 Å². The topological polar surface area (TPSA) is 78.9 Å². The molecule has 0 spiro atoms. The van der Waals surface area contributed by atoms with E-state index in [-0.39, 0.29) is 38.0 Å². The number of carbonyl (C=O) groups is 3. The number of unbranched alkanes of at least 4 members (excludes halogenated alkanes) is 25. The van der Waals surface area contributed by atoms with Crippen LogP contribution >= 0.6 is 0 Å². The zero-order valence-corrected chi connectivity index (χ0v) is 41.1. The highest BCUT2D eigenvalue weighted by Gasteiger charge is 2.19. The number of hydrogen-bond donors (Lipinski definition) is 0. The van der Waals surface area contributed by atoms with Gasteiger partial charge in [0.25, 0.3) is 0 Å². The van der Waals surface area contributed by atoms with Crippen LogP contribution in [0.5, 0.6) is 0 Å². The summed E-state index contributed by atoms with van der Waals surface area (Å²) in [7, 11) is 0. The number of rotatable bonds is 46. The molecule has 0 aliphatic heterocycles. The number of ether oxygens (including phenoxy) is 3. The first kappa shape index (κ1) is 59.6. The maximum Gasteiger partial charge on any atom is 0.306 e. The zero-order chi connectivity index (χ0) is 45.8. The Hall–Kier alpha value is -3.41. The van der Waals surface area contributed by atoms with Crippen LogP contribution in [-0.4, -0.2) is 37.2 Å². The average molecular weight is 877 g/mol. The highest BCUT2D eigenvalue weighted by Crippen LogP contribution is 2.15. The first-order valence-electron chi connectivity index (χ1n) is 26.2. The van der Waals surface area contributed by atoms with E-state index in [9.17, 15) is 14.4 Å². The van der Waals surface area contributed by atoms with Crippen LogP contribution in [0.3, 0.4) is 0 Å². The van der Waals surface area contributed by atoms with E-state index in [4.69, 9.17) is 14.2 Å². The molecule has 6 nitrogen and oxygen atoms in total. The Morgan fingerprint density at radius 2 is 0.730 bits per heavy atom. The van der Waals surface area contributed by atoms with Gasteiger partial charge in [-0.15, -0.1) is 0 Å². The Morgan fingerprint density at radius 3 is 1.22 bits per heavy atom.